The van der Waals surface area contributed by atoms with Gasteiger partial charge in [0.15, 0.2) is 0 Å². The zero-order valence-corrected chi connectivity index (χ0v) is 8.95. The van der Waals surface area contributed by atoms with Crippen molar-refractivity contribution in [2.45, 2.75) is 20.0 Å². The maximum absolute atomic E-state index is 13.1. The van der Waals surface area contributed by atoms with Crippen molar-refractivity contribution in [3.63, 3.8) is 0 Å². The fourth-order valence-electron chi connectivity index (χ4n) is 1.10. The summed E-state index contributed by atoms with van der Waals surface area (Å²) in [5.41, 5.74) is -0.101. The first-order valence-corrected chi connectivity index (χ1v) is 4.71. The van der Waals surface area contributed by atoms with Gasteiger partial charge in [0.2, 0.25) is 0 Å². The Balaban J connectivity index is 2.86. The minimum atomic E-state index is -0.711. The monoisotopic (exact) mass is 222 g/mol. The Morgan fingerprint density at radius 2 is 2.25 bits per heavy atom. The summed E-state index contributed by atoms with van der Waals surface area (Å²) in [4.78, 5) is 11.2. The average Bonchev–Trinajstić information content (AvgIpc) is 2.16. The van der Waals surface area contributed by atoms with Crippen molar-refractivity contribution in [1.29, 1.82) is 5.26 Å². The van der Waals surface area contributed by atoms with Gasteiger partial charge >= 0.3 is 6.09 Å². The average molecular weight is 222 g/mol. The number of carbonyl (C=O) groups is 1. The minimum Gasteiger partial charge on any atom is -0.447 e. The molecule has 0 fully saturated rings. The molecule has 16 heavy (non-hydrogen) atoms. The molecule has 1 N–H and O–H groups in total. The Morgan fingerprint density at radius 1 is 1.56 bits per heavy atom. The van der Waals surface area contributed by atoms with Crippen LogP contribution in [0.2, 0.25) is 0 Å². The zero-order chi connectivity index (χ0) is 12.1. The molecule has 1 aromatic carbocycles. The Labute approximate surface area is 92.6 Å². The second kappa shape index (κ2) is 5.12. The van der Waals surface area contributed by atoms with Crippen LogP contribution in [0.4, 0.5) is 14.9 Å². The van der Waals surface area contributed by atoms with Crippen molar-refractivity contribution in [2.75, 3.05) is 5.32 Å². The number of nitrogens with one attached hydrogen (secondary N) is 1. The highest BCUT2D eigenvalue weighted by Gasteiger charge is 2.11. The molecule has 0 unspecified atom stereocenters. The maximum atomic E-state index is 13.1. The number of rotatable bonds is 2. The predicted octanol–water partition coefficient (Wildman–Crippen LogP) is 2.65. The van der Waals surface area contributed by atoms with E-state index in [4.69, 9.17) is 10.00 Å². The number of benzene rings is 1. The fraction of sp³-hybridized carbons (Fsp3) is 0.273. The molecule has 0 aromatic heterocycles. The lowest BCUT2D eigenvalue weighted by molar-refractivity contribution is 0.130. The standard InChI is InChI=1S/C11H11FN2O2/c1-7(2)16-11(15)14-10-5-3-4-9(12)8(10)6-13/h3-5,7H,1-2H3,(H,14,15). The summed E-state index contributed by atoms with van der Waals surface area (Å²) < 4.78 is 18.0. The summed E-state index contributed by atoms with van der Waals surface area (Å²) in [6.07, 6.45) is -0.990. The number of amides is 1. The first-order chi connectivity index (χ1) is 7.54. The van der Waals surface area contributed by atoms with Crippen molar-refractivity contribution >= 4 is 11.8 Å². The van der Waals surface area contributed by atoms with Crippen LogP contribution in [0.25, 0.3) is 0 Å². The summed E-state index contributed by atoms with van der Waals surface area (Å²) in [7, 11) is 0. The van der Waals surface area contributed by atoms with Crippen molar-refractivity contribution in [2.24, 2.45) is 0 Å². The third kappa shape index (κ3) is 2.95. The summed E-state index contributed by atoms with van der Waals surface area (Å²) in [6, 6.07) is 5.67. The van der Waals surface area contributed by atoms with E-state index in [1.54, 1.807) is 19.9 Å². The van der Waals surface area contributed by atoms with E-state index >= 15 is 0 Å². The second-order valence-electron chi connectivity index (χ2n) is 3.35. The molecule has 0 heterocycles. The Kier molecular flexibility index (Phi) is 3.84. The van der Waals surface area contributed by atoms with Gasteiger partial charge in [0.1, 0.15) is 17.4 Å². The van der Waals surface area contributed by atoms with E-state index in [1.165, 1.54) is 12.1 Å². The van der Waals surface area contributed by atoms with E-state index in [0.717, 1.165) is 6.07 Å². The van der Waals surface area contributed by atoms with Gasteiger partial charge in [-0.05, 0) is 26.0 Å². The number of hydrogen-bond acceptors (Lipinski definition) is 3. The molecule has 0 aliphatic heterocycles. The molecular formula is C11H11FN2O2. The molecule has 1 amide bonds. The van der Waals surface area contributed by atoms with E-state index in [-0.39, 0.29) is 17.4 Å². The number of carbonyl (C=O) groups excluding carboxylic acids is 1. The summed E-state index contributed by atoms with van der Waals surface area (Å²) in [5.74, 6) is -0.676. The van der Waals surface area contributed by atoms with E-state index in [1.807, 2.05) is 0 Å². The molecule has 4 nitrogen and oxygen atoms in total. The van der Waals surface area contributed by atoms with E-state index in [9.17, 15) is 9.18 Å². The highest BCUT2D eigenvalue weighted by molar-refractivity contribution is 5.86. The van der Waals surface area contributed by atoms with Gasteiger partial charge in [-0.1, -0.05) is 6.07 Å². The van der Waals surface area contributed by atoms with Crippen LogP contribution in [-0.2, 0) is 4.74 Å². The van der Waals surface area contributed by atoms with Gasteiger partial charge in [-0.3, -0.25) is 5.32 Å². The molecule has 1 aromatic rings. The number of hydrogen-bond donors (Lipinski definition) is 1. The minimum absolute atomic E-state index is 0.105. The van der Waals surface area contributed by atoms with Crippen LogP contribution >= 0.6 is 0 Å². The number of anilines is 1. The zero-order valence-electron chi connectivity index (χ0n) is 8.95. The largest absolute Gasteiger partial charge is 0.447 e. The van der Waals surface area contributed by atoms with Gasteiger partial charge in [0.05, 0.1) is 11.8 Å². The van der Waals surface area contributed by atoms with Crippen molar-refractivity contribution < 1.29 is 13.9 Å². The maximum Gasteiger partial charge on any atom is 0.411 e. The molecule has 0 aliphatic rings. The van der Waals surface area contributed by atoms with Gasteiger partial charge in [-0.15, -0.1) is 0 Å². The quantitative estimate of drug-likeness (QED) is 0.836. The highest BCUT2D eigenvalue weighted by atomic mass is 19.1. The van der Waals surface area contributed by atoms with Crippen LogP contribution in [-0.4, -0.2) is 12.2 Å². The van der Waals surface area contributed by atoms with Crippen LogP contribution in [0.1, 0.15) is 19.4 Å². The summed E-state index contributed by atoms with van der Waals surface area (Å²) >= 11 is 0. The van der Waals surface area contributed by atoms with Crippen LogP contribution < -0.4 is 5.32 Å². The Bertz CT molecular complexity index is 438. The molecule has 0 spiro atoms. The van der Waals surface area contributed by atoms with Crippen molar-refractivity contribution in [3.05, 3.63) is 29.6 Å². The molecule has 0 atom stereocenters. The molecule has 1 rings (SSSR count). The Morgan fingerprint density at radius 3 is 2.81 bits per heavy atom. The lowest BCUT2D eigenvalue weighted by Gasteiger charge is -2.10. The first kappa shape index (κ1) is 12.0. The first-order valence-electron chi connectivity index (χ1n) is 4.71. The molecule has 0 radical (unpaired) electrons. The molecule has 0 saturated carbocycles. The topological polar surface area (TPSA) is 62.1 Å². The molecule has 0 saturated heterocycles. The van der Waals surface area contributed by atoms with E-state index in [2.05, 4.69) is 5.32 Å². The van der Waals surface area contributed by atoms with Crippen LogP contribution in [0.3, 0.4) is 0 Å². The number of halogens is 1. The number of ether oxygens (including phenoxy) is 1. The molecule has 84 valence electrons. The van der Waals surface area contributed by atoms with Crippen LogP contribution in [0, 0.1) is 17.1 Å². The third-order valence-corrected chi connectivity index (χ3v) is 1.70. The summed E-state index contributed by atoms with van der Waals surface area (Å²) in [5, 5.41) is 11.0. The van der Waals surface area contributed by atoms with Gasteiger partial charge in [0, 0.05) is 0 Å². The number of nitriles is 1. The number of nitrogens with zero attached hydrogens (tertiary/aromatic N) is 1. The summed E-state index contributed by atoms with van der Waals surface area (Å²) in [6.45, 7) is 3.38. The predicted molar refractivity (Wildman–Crippen MR) is 56.4 cm³/mol. The molecule has 0 aliphatic carbocycles. The fourth-order valence-corrected chi connectivity index (χ4v) is 1.10. The van der Waals surface area contributed by atoms with Gasteiger partial charge in [-0.2, -0.15) is 5.26 Å². The SMILES string of the molecule is CC(C)OC(=O)Nc1cccc(F)c1C#N. The Hall–Kier alpha value is -2.09. The molecular weight excluding hydrogens is 211 g/mol. The van der Waals surface area contributed by atoms with E-state index in [0.29, 0.717) is 0 Å². The smallest absolute Gasteiger partial charge is 0.411 e. The highest BCUT2D eigenvalue weighted by Crippen LogP contribution is 2.17. The molecule has 5 heteroatoms. The third-order valence-electron chi connectivity index (χ3n) is 1.70. The lowest BCUT2D eigenvalue weighted by Crippen LogP contribution is -2.18. The van der Waals surface area contributed by atoms with E-state index < -0.39 is 11.9 Å². The normalized spacial score (nSPS) is 9.69. The van der Waals surface area contributed by atoms with Crippen LogP contribution in [0.15, 0.2) is 18.2 Å². The lowest BCUT2D eigenvalue weighted by atomic mass is 10.2. The van der Waals surface area contributed by atoms with Gasteiger partial charge in [-0.25, -0.2) is 9.18 Å². The second-order valence-corrected chi connectivity index (χ2v) is 3.35. The van der Waals surface area contributed by atoms with Crippen molar-refractivity contribution in [3.8, 4) is 6.07 Å². The van der Waals surface area contributed by atoms with Crippen LogP contribution in [0.5, 0.6) is 0 Å². The molecule has 0 bridgehead atoms. The van der Waals surface area contributed by atoms with Crippen molar-refractivity contribution in [1.82, 2.24) is 0 Å². The van der Waals surface area contributed by atoms with Gasteiger partial charge < -0.3 is 4.74 Å². The van der Waals surface area contributed by atoms with Gasteiger partial charge in [0.25, 0.3) is 0 Å².